The number of hydrogen-bond acceptors (Lipinski definition) is 2. The van der Waals surface area contributed by atoms with Gasteiger partial charge in [0.2, 0.25) is 0 Å². The van der Waals surface area contributed by atoms with Crippen molar-refractivity contribution in [2.45, 2.75) is 5.92 Å². The van der Waals surface area contributed by atoms with Gasteiger partial charge in [-0.1, -0.05) is 90.8 Å². The molecule has 3 heteroatoms. The van der Waals surface area contributed by atoms with E-state index in [1.807, 2.05) is 66.7 Å². The molecule has 4 aromatic carbocycles. The van der Waals surface area contributed by atoms with Crippen molar-refractivity contribution >= 4 is 22.6 Å². The third-order valence-electron chi connectivity index (χ3n) is 5.86. The highest BCUT2D eigenvalue weighted by molar-refractivity contribution is 6.01. The Morgan fingerprint density at radius 1 is 0.839 bits per heavy atom. The Balaban J connectivity index is 1.43. The second-order valence-corrected chi connectivity index (χ2v) is 7.59. The van der Waals surface area contributed by atoms with Crippen LogP contribution in [0.1, 0.15) is 17.0 Å². The van der Waals surface area contributed by atoms with Crippen molar-refractivity contribution in [1.82, 2.24) is 0 Å². The summed E-state index contributed by atoms with van der Waals surface area (Å²) in [6.45, 7) is 0.406. The molecule has 1 aliphatic rings. The molecular weight excluding hydrogens is 382 g/mol. The molecule has 0 radical (unpaired) electrons. The van der Waals surface area contributed by atoms with Crippen molar-refractivity contribution < 1.29 is 9.53 Å². The van der Waals surface area contributed by atoms with Gasteiger partial charge in [0, 0.05) is 11.3 Å². The number of carbonyl (C=O) groups is 1. The number of anilines is 1. The van der Waals surface area contributed by atoms with Crippen molar-refractivity contribution in [3.05, 3.63) is 102 Å². The number of amides is 1. The van der Waals surface area contributed by atoms with E-state index in [0.29, 0.717) is 0 Å². The topological polar surface area (TPSA) is 29.5 Å². The van der Waals surface area contributed by atoms with Crippen LogP contribution in [0.15, 0.2) is 91.0 Å². The first-order chi connectivity index (χ1) is 15.3. The summed E-state index contributed by atoms with van der Waals surface area (Å²) in [5.41, 5.74) is 5.53. The van der Waals surface area contributed by atoms with E-state index in [0.717, 1.165) is 16.5 Å². The number of benzene rings is 4. The van der Waals surface area contributed by atoms with Crippen LogP contribution in [0.5, 0.6) is 0 Å². The summed E-state index contributed by atoms with van der Waals surface area (Å²) < 4.78 is 5.85. The van der Waals surface area contributed by atoms with Crippen LogP contribution in [0.2, 0.25) is 0 Å². The highest BCUT2D eigenvalue weighted by atomic mass is 16.6. The first kappa shape index (κ1) is 19.0. The summed E-state index contributed by atoms with van der Waals surface area (Å²) in [5.74, 6) is 2.61. The molecule has 0 aliphatic heterocycles. The summed E-state index contributed by atoms with van der Waals surface area (Å²) in [6, 6.07) is 30.4. The highest BCUT2D eigenvalue weighted by Crippen LogP contribution is 2.44. The molecular formula is C28H21NO2. The van der Waals surface area contributed by atoms with E-state index in [4.69, 9.17) is 11.2 Å². The maximum Gasteiger partial charge on any atom is 0.415 e. The predicted molar refractivity (Wildman–Crippen MR) is 125 cm³/mol. The maximum absolute atomic E-state index is 13.2. The van der Waals surface area contributed by atoms with Gasteiger partial charge < -0.3 is 4.74 Å². The Morgan fingerprint density at radius 2 is 1.45 bits per heavy atom. The first-order valence-electron chi connectivity index (χ1n) is 10.3. The molecule has 3 nitrogen and oxygen atoms in total. The lowest BCUT2D eigenvalue weighted by atomic mass is 9.98. The molecule has 0 atom stereocenters. The number of carbonyl (C=O) groups excluding carboxylic acids is 1. The van der Waals surface area contributed by atoms with Gasteiger partial charge in [0.05, 0.1) is 12.2 Å². The quantitative estimate of drug-likeness (QED) is 0.378. The van der Waals surface area contributed by atoms with Crippen molar-refractivity contribution in [3.8, 4) is 23.5 Å². The highest BCUT2D eigenvalue weighted by Gasteiger charge is 2.30. The second-order valence-electron chi connectivity index (χ2n) is 7.59. The van der Waals surface area contributed by atoms with E-state index in [1.165, 1.54) is 27.2 Å². The Kier molecular flexibility index (Phi) is 4.90. The van der Waals surface area contributed by atoms with Gasteiger partial charge in [-0.25, -0.2) is 4.79 Å². The number of hydrogen-bond donors (Lipinski definition) is 0. The minimum absolute atomic E-state index is 0.0107. The summed E-state index contributed by atoms with van der Waals surface area (Å²) in [7, 11) is 0. The average Bonchev–Trinajstić information content (AvgIpc) is 3.14. The van der Waals surface area contributed by atoms with Gasteiger partial charge in [-0.2, -0.15) is 0 Å². The minimum Gasteiger partial charge on any atom is -0.448 e. The summed E-state index contributed by atoms with van der Waals surface area (Å²) in [6.07, 6.45) is 5.16. The molecule has 0 saturated carbocycles. The Hall–Kier alpha value is -4.03. The summed E-state index contributed by atoms with van der Waals surface area (Å²) in [4.78, 5) is 14.7. The van der Waals surface area contributed by atoms with Crippen LogP contribution in [0.4, 0.5) is 10.5 Å². The lowest BCUT2D eigenvalue weighted by molar-refractivity contribution is 0.151. The van der Waals surface area contributed by atoms with Gasteiger partial charge in [0.25, 0.3) is 0 Å². The number of fused-ring (bicyclic) bond motifs is 4. The number of ether oxygens (including phenoxy) is 1. The molecule has 150 valence electrons. The normalized spacial score (nSPS) is 12.1. The van der Waals surface area contributed by atoms with Gasteiger partial charge in [-0.05, 0) is 33.7 Å². The molecule has 31 heavy (non-hydrogen) atoms. The number of terminal acetylenes is 1. The van der Waals surface area contributed by atoms with E-state index in [9.17, 15) is 4.79 Å². The molecule has 0 fully saturated rings. The van der Waals surface area contributed by atoms with Crippen LogP contribution in [-0.2, 0) is 4.74 Å². The zero-order valence-corrected chi connectivity index (χ0v) is 17.0. The lowest BCUT2D eigenvalue weighted by Crippen LogP contribution is -2.33. The van der Waals surface area contributed by atoms with E-state index in [1.54, 1.807) is 0 Å². The third kappa shape index (κ3) is 3.33. The third-order valence-corrected chi connectivity index (χ3v) is 5.86. The molecule has 5 rings (SSSR count). The summed E-state index contributed by atoms with van der Waals surface area (Å²) >= 11 is 0. The van der Waals surface area contributed by atoms with Crippen molar-refractivity contribution in [3.63, 3.8) is 0 Å². The van der Waals surface area contributed by atoms with Crippen molar-refractivity contribution in [1.29, 1.82) is 0 Å². The standard InChI is InChI=1S/C28H21NO2/c1-2-18-29(27-17-9-11-20-10-3-4-12-21(20)27)28(30)31-19-26-24-15-7-5-13-22(24)23-14-6-8-16-25(23)26/h1,3-17,26H,18-19H2. The van der Waals surface area contributed by atoms with E-state index in [-0.39, 0.29) is 19.1 Å². The molecule has 0 unspecified atom stereocenters. The Labute approximate surface area is 181 Å². The van der Waals surface area contributed by atoms with Crippen molar-refractivity contribution in [2.75, 3.05) is 18.1 Å². The fourth-order valence-electron chi connectivity index (χ4n) is 4.45. The van der Waals surface area contributed by atoms with Gasteiger partial charge in [0.1, 0.15) is 6.61 Å². The minimum atomic E-state index is -0.434. The SMILES string of the molecule is C#CCN(C(=O)OCC1c2ccccc2-c2ccccc21)c1cccc2ccccc12. The van der Waals surface area contributed by atoms with Crippen LogP contribution < -0.4 is 4.90 Å². The maximum atomic E-state index is 13.2. The fraction of sp³-hybridized carbons (Fsp3) is 0.107. The van der Waals surface area contributed by atoms with Gasteiger partial charge in [0.15, 0.2) is 0 Å². The smallest absolute Gasteiger partial charge is 0.415 e. The average molecular weight is 403 g/mol. The van der Waals surface area contributed by atoms with E-state index >= 15 is 0 Å². The van der Waals surface area contributed by atoms with Gasteiger partial charge in [-0.3, -0.25) is 4.90 Å². The molecule has 0 aromatic heterocycles. The molecule has 1 amide bonds. The van der Waals surface area contributed by atoms with Crippen molar-refractivity contribution in [2.24, 2.45) is 0 Å². The lowest BCUT2D eigenvalue weighted by Gasteiger charge is -2.23. The summed E-state index contributed by atoms with van der Waals surface area (Å²) in [5, 5.41) is 2.02. The molecule has 1 aliphatic carbocycles. The number of rotatable bonds is 4. The Morgan fingerprint density at radius 3 is 2.16 bits per heavy atom. The second kappa shape index (κ2) is 8.01. The zero-order valence-electron chi connectivity index (χ0n) is 17.0. The van der Waals surface area contributed by atoms with Crippen LogP contribution >= 0.6 is 0 Å². The van der Waals surface area contributed by atoms with Crippen LogP contribution in [-0.4, -0.2) is 19.2 Å². The molecule has 4 aromatic rings. The zero-order chi connectivity index (χ0) is 21.2. The van der Waals surface area contributed by atoms with Crippen LogP contribution in [0.3, 0.4) is 0 Å². The fourth-order valence-corrected chi connectivity index (χ4v) is 4.45. The molecule has 0 spiro atoms. The van der Waals surface area contributed by atoms with E-state index < -0.39 is 6.09 Å². The molecule has 0 saturated heterocycles. The predicted octanol–water partition coefficient (Wildman–Crippen LogP) is 6.23. The molecule has 0 heterocycles. The van der Waals surface area contributed by atoms with Crippen LogP contribution in [0.25, 0.3) is 21.9 Å². The van der Waals surface area contributed by atoms with Gasteiger partial charge in [-0.15, -0.1) is 6.42 Å². The number of nitrogens with zero attached hydrogens (tertiary/aromatic N) is 1. The Bertz CT molecular complexity index is 1270. The largest absolute Gasteiger partial charge is 0.448 e. The van der Waals surface area contributed by atoms with Gasteiger partial charge >= 0.3 is 6.09 Å². The monoisotopic (exact) mass is 403 g/mol. The van der Waals surface area contributed by atoms with Crippen LogP contribution in [0, 0.1) is 12.3 Å². The first-order valence-corrected chi connectivity index (χ1v) is 10.3. The van der Waals surface area contributed by atoms with E-state index in [2.05, 4.69) is 30.2 Å². The molecule has 0 bridgehead atoms. The molecule has 0 N–H and O–H groups in total.